The smallest absolute Gasteiger partial charge is 0.312 e. The standard InChI is InChI=1S/C23H20FNO3.ClH/c24-17-8-4-14(5-9-17)16-2-1-3-18(12-16)28-19-10-6-15-7-11-21(25)22(23(26)27)20(15)13-19;/h1-6,8-10,12-13,21-22H,7,11,25H2,(H,26,27);1H. The highest BCUT2D eigenvalue weighted by atomic mass is 35.5. The van der Waals surface area contributed by atoms with E-state index in [0.717, 1.165) is 28.7 Å². The van der Waals surface area contributed by atoms with E-state index < -0.39 is 17.9 Å². The van der Waals surface area contributed by atoms with Crippen molar-refractivity contribution < 1.29 is 19.0 Å². The molecule has 150 valence electrons. The zero-order chi connectivity index (χ0) is 19.7. The van der Waals surface area contributed by atoms with E-state index in [9.17, 15) is 14.3 Å². The first-order valence-corrected chi connectivity index (χ1v) is 9.16. The highest BCUT2D eigenvalue weighted by Gasteiger charge is 2.33. The number of rotatable bonds is 4. The number of fused-ring (bicyclic) bond motifs is 1. The fourth-order valence-corrected chi connectivity index (χ4v) is 3.71. The minimum Gasteiger partial charge on any atom is -0.481 e. The molecule has 2 unspecified atom stereocenters. The molecule has 3 aromatic rings. The summed E-state index contributed by atoms with van der Waals surface area (Å²) in [5, 5.41) is 9.57. The zero-order valence-electron chi connectivity index (χ0n) is 15.5. The summed E-state index contributed by atoms with van der Waals surface area (Å²) < 4.78 is 19.1. The number of aryl methyl sites for hydroxylation is 1. The zero-order valence-corrected chi connectivity index (χ0v) is 16.4. The van der Waals surface area contributed by atoms with Crippen LogP contribution < -0.4 is 10.5 Å². The second-order valence-electron chi connectivity index (χ2n) is 7.02. The lowest BCUT2D eigenvalue weighted by molar-refractivity contribution is -0.139. The van der Waals surface area contributed by atoms with Gasteiger partial charge in [-0.2, -0.15) is 0 Å². The van der Waals surface area contributed by atoms with Crippen molar-refractivity contribution >= 4 is 18.4 Å². The Morgan fingerprint density at radius 3 is 2.45 bits per heavy atom. The highest BCUT2D eigenvalue weighted by Crippen LogP contribution is 2.35. The van der Waals surface area contributed by atoms with Gasteiger partial charge >= 0.3 is 5.97 Å². The minimum atomic E-state index is -0.913. The van der Waals surface area contributed by atoms with E-state index in [1.807, 2.05) is 36.4 Å². The number of carbonyl (C=O) groups is 1. The summed E-state index contributed by atoms with van der Waals surface area (Å²) >= 11 is 0. The maximum atomic E-state index is 13.1. The molecule has 6 heteroatoms. The topological polar surface area (TPSA) is 72.5 Å². The van der Waals surface area contributed by atoms with Crippen molar-refractivity contribution in [1.82, 2.24) is 0 Å². The molecule has 0 radical (unpaired) electrons. The molecule has 0 aliphatic heterocycles. The molecular weight excluding hydrogens is 393 g/mol. The van der Waals surface area contributed by atoms with Gasteiger partial charge in [0.05, 0.1) is 5.92 Å². The Hall–Kier alpha value is -2.89. The monoisotopic (exact) mass is 413 g/mol. The highest BCUT2D eigenvalue weighted by molar-refractivity contribution is 5.85. The van der Waals surface area contributed by atoms with Crippen LogP contribution in [-0.2, 0) is 11.2 Å². The average molecular weight is 414 g/mol. The van der Waals surface area contributed by atoms with Crippen LogP contribution in [0.25, 0.3) is 11.1 Å². The molecular formula is C23H21ClFNO3. The molecule has 4 nitrogen and oxygen atoms in total. The van der Waals surface area contributed by atoms with Gasteiger partial charge in [0.2, 0.25) is 0 Å². The third-order valence-corrected chi connectivity index (χ3v) is 5.14. The Balaban J connectivity index is 0.00000240. The van der Waals surface area contributed by atoms with Crippen molar-refractivity contribution in [1.29, 1.82) is 0 Å². The minimum absolute atomic E-state index is 0. The molecule has 0 amide bonds. The molecule has 3 N–H and O–H groups in total. The number of hydrogen-bond acceptors (Lipinski definition) is 3. The summed E-state index contributed by atoms with van der Waals surface area (Å²) in [5.74, 6) is -0.734. The molecule has 0 spiro atoms. The van der Waals surface area contributed by atoms with Crippen LogP contribution in [-0.4, -0.2) is 17.1 Å². The van der Waals surface area contributed by atoms with E-state index in [2.05, 4.69) is 0 Å². The van der Waals surface area contributed by atoms with Crippen molar-refractivity contribution in [2.75, 3.05) is 0 Å². The van der Waals surface area contributed by atoms with E-state index >= 15 is 0 Å². The summed E-state index contributed by atoms with van der Waals surface area (Å²) in [6, 6.07) is 18.9. The molecule has 0 saturated carbocycles. The molecule has 1 aliphatic rings. The summed E-state index contributed by atoms with van der Waals surface area (Å²) in [6.07, 6.45) is 1.42. The Bertz CT molecular complexity index is 1020. The van der Waals surface area contributed by atoms with Gasteiger partial charge in [-0.3, -0.25) is 4.79 Å². The molecule has 4 rings (SSSR count). The van der Waals surface area contributed by atoms with E-state index in [1.165, 1.54) is 12.1 Å². The lowest BCUT2D eigenvalue weighted by Crippen LogP contribution is -2.37. The fraction of sp³-hybridized carbons (Fsp3) is 0.174. The number of carboxylic acids is 1. The number of halogens is 2. The van der Waals surface area contributed by atoms with Crippen LogP contribution in [0.15, 0.2) is 66.7 Å². The van der Waals surface area contributed by atoms with Crippen LogP contribution in [0.5, 0.6) is 11.5 Å². The number of hydrogen-bond donors (Lipinski definition) is 2. The van der Waals surface area contributed by atoms with Crippen molar-refractivity contribution in [3.8, 4) is 22.6 Å². The van der Waals surface area contributed by atoms with Crippen LogP contribution in [0.4, 0.5) is 4.39 Å². The molecule has 0 aromatic heterocycles. The quantitative estimate of drug-likeness (QED) is 0.620. The van der Waals surface area contributed by atoms with Gasteiger partial charge in [-0.25, -0.2) is 4.39 Å². The third-order valence-electron chi connectivity index (χ3n) is 5.14. The van der Waals surface area contributed by atoms with Gasteiger partial charge in [-0.05, 0) is 71.5 Å². The summed E-state index contributed by atoms with van der Waals surface area (Å²) in [6.45, 7) is 0. The second kappa shape index (κ2) is 8.64. The molecule has 0 bridgehead atoms. The van der Waals surface area contributed by atoms with Gasteiger partial charge in [-0.1, -0.05) is 30.3 Å². The summed E-state index contributed by atoms with van der Waals surface area (Å²) in [5.41, 5.74) is 9.55. The molecule has 29 heavy (non-hydrogen) atoms. The molecule has 3 aromatic carbocycles. The van der Waals surface area contributed by atoms with Gasteiger partial charge < -0.3 is 15.6 Å². The molecule has 0 heterocycles. The van der Waals surface area contributed by atoms with Crippen LogP contribution >= 0.6 is 12.4 Å². The van der Waals surface area contributed by atoms with Crippen molar-refractivity contribution in [2.24, 2.45) is 5.73 Å². The molecule has 0 saturated heterocycles. The van der Waals surface area contributed by atoms with Crippen LogP contribution in [0.1, 0.15) is 23.5 Å². The van der Waals surface area contributed by atoms with E-state index in [0.29, 0.717) is 17.9 Å². The first kappa shape index (κ1) is 20.8. The maximum Gasteiger partial charge on any atom is 0.312 e. The van der Waals surface area contributed by atoms with Gasteiger partial charge in [0.25, 0.3) is 0 Å². The van der Waals surface area contributed by atoms with Crippen molar-refractivity contribution in [2.45, 2.75) is 24.8 Å². The summed E-state index contributed by atoms with van der Waals surface area (Å²) in [4.78, 5) is 11.7. The Morgan fingerprint density at radius 2 is 1.72 bits per heavy atom. The van der Waals surface area contributed by atoms with Crippen molar-refractivity contribution in [3.63, 3.8) is 0 Å². The Labute approximate surface area is 174 Å². The molecule has 0 fully saturated rings. The van der Waals surface area contributed by atoms with Crippen LogP contribution in [0, 0.1) is 5.82 Å². The van der Waals surface area contributed by atoms with Gasteiger partial charge in [0, 0.05) is 6.04 Å². The first-order valence-electron chi connectivity index (χ1n) is 9.16. The van der Waals surface area contributed by atoms with Crippen LogP contribution in [0.3, 0.4) is 0 Å². The number of aliphatic carboxylic acids is 1. The van der Waals surface area contributed by atoms with Gasteiger partial charge in [0.15, 0.2) is 0 Å². The Kier molecular flexibility index (Phi) is 6.20. The molecule has 1 aliphatic carbocycles. The van der Waals surface area contributed by atoms with Gasteiger partial charge in [0.1, 0.15) is 17.3 Å². The number of nitrogens with two attached hydrogens (primary N) is 1. The number of ether oxygens (including phenoxy) is 1. The lowest BCUT2D eigenvalue weighted by atomic mass is 9.79. The largest absolute Gasteiger partial charge is 0.481 e. The van der Waals surface area contributed by atoms with E-state index in [-0.39, 0.29) is 18.2 Å². The SMILES string of the molecule is Cl.NC1CCc2ccc(Oc3cccc(-c4ccc(F)cc4)c3)cc2C1C(=O)O. The summed E-state index contributed by atoms with van der Waals surface area (Å²) in [7, 11) is 0. The van der Waals surface area contributed by atoms with E-state index in [4.69, 9.17) is 10.5 Å². The average Bonchev–Trinajstić information content (AvgIpc) is 2.68. The fourth-order valence-electron chi connectivity index (χ4n) is 3.71. The van der Waals surface area contributed by atoms with Gasteiger partial charge in [-0.15, -0.1) is 12.4 Å². The van der Waals surface area contributed by atoms with Crippen LogP contribution in [0.2, 0.25) is 0 Å². The lowest BCUT2D eigenvalue weighted by Gasteiger charge is -2.28. The third kappa shape index (κ3) is 4.42. The number of benzene rings is 3. The normalized spacial score (nSPS) is 17.7. The second-order valence-corrected chi connectivity index (χ2v) is 7.02. The first-order chi connectivity index (χ1) is 13.5. The Morgan fingerprint density at radius 1 is 1.00 bits per heavy atom. The van der Waals surface area contributed by atoms with E-state index in [1.54, 1.807) is 18.2 Å². The predicted octanol–water partition coefficient (Wildman–Crippen LogP) is 5.15. The maximum absolute atomic E-state index is 13.1. The number of carboxylic acid groups (broad SMARTS) is 1. The molecule has 2 atom stereocenters. The van der Waals surface area contributed by atoms with Crippen molar-refractivity contribution in [3.05, 3.63) is 83.7 Å². The predicted molar refractivity (Wildman–Crippen MR) is 112 cm³/mol.